The number of nitrogens with one attached hydrogen (secondary N) is 2. The van der Waals surface area contributed by atoms with E-state index in [1.165, 1.54) is 23.8 Å². The molecule has 0 spiro atoms. The average Bonchev–Trinajstić information content (AvgIpc) is 3.39. The number of rotatable bonds is 3. The number of piperidine rings is 1. The molecule has 3 aromatic rings. The van der Waals surface area contributed by atoms with Crippen LogP contribution < -0.4 is 5.32 Å². The van der Waals surface area contributed by atoms with Gasteiger partial charge < -0.3 is 15.2 Å². The molecule has 3 aromatic heterocycles. The van der Waals surface area contributed by atoms with E-state index in [-0.39, 0.29) is 6.03 Å². The third-order valence-electron chi connectivity index (χ3n) is 5.78. The van der Waals surface area contributed by atoms with E-state index in [0.29, 0.717) is 5.92 Å². The number of aromatic amines is 1. The summed E-state index contributed by atoms with van der Waals surface area (Å²) in [7, 11) is 0. The molecule has 0 bridgehead atoms. The predicted octanol–water partition coefficient (Wildman–Crippen LogP) is 3.41. The molecule has 134 valence electrons. The topological polar surface area (TPSA) is 73.9 Å². The third kappa shape index (κ3) is 2.79. The van der Waals surface area contributed by atoms with Crippen molar-refractivity contribution in [2.45, 2.75) is 31.6 Å². The van der Waals surface area contributed by atoms with Gasteiger partial charge in [0.25, 0.3) is 0 Å². The second-order valence-corrected chi connectivity index (χ2v) is 7.55. The molecule has 4 heterocycles. The van der Waals surface area contributed by atoms with Crippen LogP contribution >= 0.6 is 0 Å². The van der Waals surface area contributed by atoms with E-state index in [1.807, 2.05) is 23.5 Å². The van der Waals surface area contributed by atoms with E-state index in [1.54, 1.807) is 0 Å². The lowest BCUT2D eigenvalue weighted by molar-refractivity contribution is 0.181. The number of hydrogen-bond acceptors (Lipinski definition) is 3. The molecule has 1 saturated carbocycles. The normalized spacial score (nSPS) is 18.5. The Hall–Kier alpha value is -2.63. The molecule has 1 saturated heterocycles. The van der Waals surface area contributed by atoms with Crippen LogP contribution in [0.2, 0.25) is 0 Å². The first-order valence-corrected chi connectivity index (χ1v) is 9.53. The van der Waals surface area contributed by atoms with Crippen molar-refractivity contribution in [1.29, 1.82) is 0 Å². The second-order valence-electron chi connectivity index (χ2n) is 7.55. The maximum absolute atomic E-state index is 12.3. The third-order valence-corrected chi connectivity index (χ3v) is 5.78. The van der Waals surface area contributed by atoms with Crippen molar-refractivity contribution >= 4 is 28.0 Å². The molecule has 0 unspecified atom stereocenters. The number of urea groups is 1. The molecule has 1 aliphatic carbocycles. The first-order chi connectivity index (χ1) is 12.8. The molecule has 2 N–H and O–H groups in total. The first-order valence-electron chi connectivity index (χ1n) is 9.53. The highest BCUT2D eigenvalue weighted by Gasteiger charge is 2.27. The molecule has 26 heavy (non-hydrogen) atoms. The van der Waals surface area contributed by atoms with Gasteiger partial charge in [-0.2, -0.15) is 0 Å². The predicted molar refractivity (Wildman–Crippen MR) is 101 cm³/mol. The van der Waals surface area contributed by atoms with E-state index in [0.717, 1.165) is 54.9 Å². The van der Waals surface area contributed by atoms with Crippen LogP contribution in [0.15, 0.2) is 30.7 Å². The van der Waals surface area contributed by atoms with Gasteiger partial charge in [0.2, 0.25) is 0 Å². The zero-order chi connectivity index (χ0) is 17.5. The quantitative estimate of drug-likeness (QED) is 0.761. The first kappa shape index (κ1) is 15.6. The summed E-state index contributed by atoms with van der Waals surface area (Å²) in [6.07, 6.45) is 10.2. The summed E-state index contributed by atoms with van der Waals surface area (Å²) < 4.78 is 0. The van der Waals surface area contributed by atoms with Gasteiger partial charge >= 0.3 is 6.03 Å². The van der Waals surface area contributed by atoms with Crippen LogP contribution in [0, 0.1) is 5.92 Å². The summed E-state index contributed by atoms with van der Waals surface area (Å²) >= 11 is 0. The number of fused-ring (bicyclic) bond motifs is 3. The van der Waals surface area contributed by atoms with Crippen molar-refractivity contribution in [2.24, 2.45) is 5.92 Å². The fourth-order valence-electron chi connectivity index (χ4n) is 4.08. The largest absolute Gasteiger partial charge is 0.346 e. The second kappa shape index (κ2) is 6.27. The zero-order valence-corrected chi connectivity index (χ0v) is 14.7. The molecule has 0 aromatic carbocycles. The van der Waals surface area contributed by atoms with Crippen LogP contribution in [-0.2, 0) is 0 Å². The van der Waals surface area contributed by atoms with Crippen molar-refractivity contribution in [2.75, 3.05) is 19.6 Å². The van der Waals surface area contributed by atoms with Crippen LogP contribution in [0.3, 0.4) is 0 Å². The molecule has 6 heteroatoms. The summed E-state index contributed by atoms with van der Waals surface area (Å²) in [4.78, 5) is 26.4. The lowest BCUT2D eigenvalue weighted by Gasteiger charge is -2.32. The Balaban J connectivity index is 1.36. The van der Waals surface area contributed by atoms with Crippen LogP contribution in [0.4, 0.5) is 4.79 Å². The van der Waals surface area contributed by atoms with Gasteiger partial charge in [-0.1, -0.05) is 0 Å². The van der Waals surface area contributed by atoms with Gasteiger partial charge in [0.05, 0.1) is 11.7 Å². The van der Waals surface area contributed by atoms with Crippen LogP contribution in [0.1, 0.15) is 37.2 Å². The minimum absolute atomic E-state index is 0.104. The smallest absolute Gasteiger partial charge is 0.317 e. The van der Waals surface area contributed by atoms with E-state index in [4.69, 9.17) is 0 Å². The molecule has 2 aliphatic rings. The van der Waals surface area contributed by atoms with Crippen molar-refractivity contribution in [3.63, 3.8) is 0 Å². The fraction of sp³-hybridized carbons (Fsp3) is 0.450. The number of aromatic nitrogens is 3. The SMILES string of the molecule is O=C(NCC1CC1)N1CCC(c2ccnc3cnc4[nH]ccc4c23)CC1. The molecular weight excluding hydrogens is 326 g/mol. The molecular formula is C20H23N5O. The number of amides is 2. The minimum atomic E-state index is 0.104. The molecule has 6 nitrogen and oxygen atoms in total. The summed E-state index contributed by atoms with van der Waals surface area (Å²) in [6, 6.07) is 4.32. The van der Waals surface area contributed by atoms with Gasteiger partial charge in [0, 0.05) is 42.8 Å². The van der Waals surface area contributed by atoms with Crippen molar-refractivity contribution in [1.82, 2.24) is 25.2 Å². The zero-order valence-electron chi connectivity index (χ0n) is 14.7. The van der Waals surface area contributed by atoms with Gasteiger partial charge in [-0.05, 0) is 55.2 Å². The number of nitrogens with zero attached hydrogens (tertiary/aromatic N) is 3. The van der Waals surface area contributed by atoms with Gasteiger partial charge in [0.1, 0.15) is 5.65 Å². The highest BCUT2D eigenvalue weighted by molar-refractivity contribution is 6.05. The Morgan fingerprint density at radius 2 is 2.04 bits per heavy atom. The van der Waals surface area contributed by atoms with E-state index in [9.17, 15) is 4.79 Å². The van der Waals surface area contributed by atoms with E-state index in [2.05, 4.69) is 32.4 Å². The highest BCUT2D eigenvalue weighted by Crippen LogP contribution is 2.35. The number of hydrogen-bond donors (Lipinski definition) is 2. The van der Waals surface area contributed by atoms with E-state index >= 15 is 0 Å². The van der Waals surface area contributed by atoms with Crippen LogP contribution in [0.5, 0.6) is 0 Å². The maximum Gasteiger partial charge on any atom is 0.317 e. The summed E-state index contributed by atoms with van der Waals surface area (Å²) in [6.45, 7) is 2.46. The number of carbonyl (C=O) groups excluding carboxylic acids is 1. The van der Waals surface area contributed by atoms with Crippen molar-refractivity contribution < 1.29 is 4.79 Å². The summed E-state index contributed by atoms with van der Waals surface area (Å²) in [5.74, 6) is 1.17. The molecule has 1 aliphatic heterocycles. The number of H-pyrrole nitrogens is 1. The Bertz CT molecular complexity index is 953. The van der Waals surface area contributed by atoms with Gasteiger partial charge in [0.15, 0.2) is 0 Å². The molecule has 0 radical (unpaired) electrons. The number of likely N-dealkylation sites (tertiary alicyclic amines) is 1. The Labute approximate surface area is 152 Å². The molecule has 5 rings (SSSR count). The van der Waals surface area contributed by atoms with Crippen LogP contribution in [-0.4, -0.2) is 45.5 Å². The number of pyridine rings is 2. The average molecular weight is 349 g/mol. The maximum atomic E-state index is 12.3. The number of carbonyl (C=O) groups is 1. The Kier molecular flexibility index (Phi) is 3.76. The lowest BCUT2D eigenvalue weighted by atomic mass is 9.87. The van der Waals surface area contributed by atoms with Crippen molar-refractivity contribution in [3.8, 4) is 0 Å². The van der Waals surface area contributed by atoms with Gasteiger partial charge in [-0.3, -0.25) is 4.98 Å². The molecule has 2 amide bonds. The highest BCUT2D eigenvalue weighted by atomic mass is 16.2. The minimum Gasteiger partial charge on any atom is -0.346 e. The van der Waals surface area contributed by atoms with Crippen molar-refractivity contribution in [3.05, 3.63) is 36.3 Å². The Morgan fingerprint density at radius 3 is 2.85 bits per heavy atom. The van der Waals surface area contributed by atoms with Gasteiger partial charge in [-0.25, -0.2) is 9.78 Å². The van der Waals surface area contributed by atoms with Crippen LogP contribution in [0.25, 0.3) is 21.9 Å². The van der Waals surface area contributed by atoms with Gasteiger partial charge in [-0.15, -0.1) is 0 Å². The lowest BCUT2D eigenvalue weighted by Crippen LogP contribution is -2.44. The van der Waals surface area contributed by atoms with E-state index < -0.39 is 0 Å². The monoisotopic (exact) mass is 349 g/mol. The summed E-state index contributed by atoms with van der Waals surface area (Å²) in [5, 5.41) is 5.42. The Morgan fingerprint density at radius 1 is 1.19 bits per heavy atom. The molecule has 0 atom stereocenters. The standard InChI is InChI=1S/C20H23N5O/c26-20(24-11-13-1-2-13)25-9-5-14(6-10-25)15-3-7-21-17-12-23-19-16(18(15)17)4-8-22-19/h3-4,7-8,12-14H,1-2,5-6,9-11H2,(H,22,23)(H,24,26). The summed E-state index contributed by atoms with van der Waals surface area (Å²) in [5.41, 5.74) is 3.18. The fourth-order valence-corrected chi connectivity index (χ4v) is 4.08. The molecule has 2 fully saturated rings.